The van der Waals surface area contributed by atoms with E-state index in [9.17, 15) is 4.79 Å². The van der Waals surface area contributed by atoms with Crippen LogP contribution in [0, 0.1) is 6.92 Å². The molecule has 1 fully saturated rings. The van der Waals surface area contributed by atoms with Gasteiger partial charge in [0, 0.05) is 44.5 Å². The Morgan fingerprint density at radius 3 is 2.15 bits per heavy atom. The lowest BCUT2D eigenvalue weighted by Gasteiger charge is -2.38. The molecular formula is C17H24N8O. The van der Waals surface area contributed by atoms with E-state index >= 15 is 0 Å². The lowest BCUT2D eigenvalue weighted by molar-refractivity contribution is 0.0795. The highest BCUT2D eigenvalue weighted by atomic mass is 16.2. The van der Waals surface area contributed by atoms with E-state index in [4.69, 9.17) is 17.3 Å². The SMILES string of the molecule is Cc1nc(N)nc(N)c1N1CCN(c2ccc(C(=O)N(C)N)cc2)CC1. The van der Waals surface area contributed by atoms with Crippen LogP contribution < -0.4 is 27.1 Å². The fourth-order valence-electron chi connectivity index (χ4n) is 3.21. The minimum atomic E-state index is -0.212. The molecule has 1 aromatic carbocycles. The van der Waals surface area contributed by atoms with Gasteiger partial charge in [0.25, 0.3) is 5.91 Å². The van der Waals surface area contributed by atoms with Crippen LogP contribution in [0.15, 0.2) is 24.3 Å². The first kappa shape index (κ1) is 17.7. The van der Waals surface area contributed by atoms with Crippen LogP contribution in [0.3, 0.4) is 0 Å². The number of carbonyl (C=O) groups is 1. The van der Waals surface area contributed by atoms with E-state index in [0.29, 0.717) is 11.4 Å². The Bertz CT molecular complexity index is 774. The van der Waals surface area contributed by atoms with Gasteiger partial charge < -0.3 is 21.3 Å². The number of hydrazine groups is 1. The van der Waals surface area contributed by atoms with E-state index in [1.54, 1.807) is 12.1 Å². The Balaban J connectivity index is 1.68. The molecule has 1 saturated heterocycles. The van der Waals surface area contributed by atoms with Gasteiger partial charge in [-0.15, -0.1) is 0 Å². The van der Waals surface area contributed by atoms with Crippen molar-refractivity contribution < 1.29 is 4.79 Å². The number of anilines is 4. The van der Waals surface area contributed by atoms with Gasteiger partial charge in [0.2, 0.25) is 5.95 Å². The summed E-state index contributed by atoms with van der Waals surface area (Å²) < 4.78 is 0. The maximum atomic E-state index is 11.9. The first-order valence-corrected chi connectivity index (χ1v) is 8.39. The van der Waals surface area contributed by atoms with Gasteiger partial charge in [0.15, 0.2) is 5.82 Å². The van der Waals surface area contributed by atoms with E-state index < -0.39 is 0 Å². The third-order valence-electron chi connectivity index (χ3n) is 4.50. The second-order valence-electron chi connectivity index (χ2n) is 6.34. The summed E-state index contributed by atoms with van der Waals surface area (Å²) in [5.74, 6) is 5.89. The van der Waals surface area contributed by atoms with Crippen LogP contribution in [0.4, 0.5) is 23.1 Å². The standard InChI is InChI=1S/C17H24N8O/c1-11-14(15(18)22-17(19)21-11)25-9-7-24(8-10-25)13-5-3-12(4-6-13)16(26)23(2)20/h3-6H,7-10,20H2,1-2H3,(H4,18,19,21,22). The van der Waals surface area contributed by atoms with Crippen LogP contribution in [-0.4, -0.2) is 54.1 Å². The van der Waals surface area contributed by atoms with Gasteiger partial charge in [0.05, 0.1) is 5.69 Å². The van der Waals surface area contributed by atoms with Crippen molar-refractivity contribution in [3.63, 3.8) is 0 Å². The van der Waals surface area contributed by atoms with E-state index in [-0.39, 0.29) is 11.9 Å². The number of amides is 1. The van der Waals surface area contributed by atoms with Gasteiger partial charge in [-0.1, -0.05) is 0 Å². The van der Waals surface area contributed by atoms with Crippen LogP contribution in [0.25, 0.3) is 0 Å². The van der Waals surface area contributed by atoms with Gasteiger partial charge >= 0.3 is 0 Å². The summed E-state index contributed by atoms with van der Waals surface area (Å²) in [6, 6.07) is 7.48. The summed E-state index contributed by atoms with van der Waals surface area (Å²) in [4.78, 5) is 24.6. The summed E-state index contributed by atoms with van der Waals surface area (Å²) >= 11 is 0. The van der Waals surface area contributed by atoms with Crippen LogP contribution in [0.2, 0.25) is 0 Å². The molecule has 9 heteroatoms. The smallest absolute Gasteiger partial charge is 0.267 e. The highest BCUT2D eigenvalue weighted by molar-refractivity contribution is 5.94. The molecule has 2 heterocycles. The highest BCUT2D eigenvalue weighted by Crippen LogP contribution is 2.27. The van der Waals surface area contributed by atoms with Crippen molar-refractivity contribution in [3.8, 4) is 0 Å². The number of aryl methyl sites for hydroxylation is 1. The zero-order valence-corrected chi connectivity index (χ0v) is 15.0. The fraction of sp³-hybridized carbons (Fsp3) is 0.353. The van der Waals surface area contributed by atoms with E-state index in [2.05, 4.69) is 19.8 Å². The average molecular weight is 356 g/mol. The summed E-state index contributed by atoms with van der Waals surface area (Å²) in [5.41, 5.74) is 15.0. The number of nitrogen functional groups attached to an aromatic ring is 2. The predicted octanol–water partition coefficient (Wildman–Crippen LogP) is 0.222. The monoisotopic (exact) mass is 356 g/mol. The largest absolute Gasteiger partial charge is 0.382 e. The molecule has 0 bridgehead atoms. The van der Waals surface area contributed by atoms with Gasteiger partial charge in [-0.3, -0.25) is 9.80 Å². The minimum Gasteiger partial charge on any atom is -0.382 e. The molecule has 9 nitrogen and oxygen atoms in total. The molecule has 6 N–H and O–H groups in total. The molecule has 0 spiro atoms. The van der Waals surface area contributed by atoms with Crippen LogP contribution in [-0.2, 0) is 0 Å². The number of nitrogens with zero attached hydrogens (tertiary/aromatic N) is 5. The topological polar surface area (TPSA) is 131 Å². The Morgan fingerprint density at radius 1 is 1.04 bits per heavy atom. The van der Waals surface area contributed by atoms with Gasteiger partial charge in [-0.05, 0) is 31.2 Å². The van der Waals surface area contributed by atoms with E-state index in [1.807, 2.05) is 19.1 Å². The molecule has 1 aliphatic rings. The second kappa shape index (κ2) is 7.04. The molecule has 0 radical (unpaired) electrons. The van der Waals surface area contributed by atoms with Gasteiger partial charge in [-0.2, -0.15) is 4.98 Å². The molecule has 26 heavy (non-hydrogen) atoms. The summed E-state index contributed by atoms with van der Waals surface area (Å²) in [7, 11) is 1.53. The average Bonchev–Trinajstić information content (AvgIpc) is 2.61. The van der Waals surface area contributed by atoms with Crippen molar-refractivity contribution in [2.75, 3.05) is 54.5 Å². The minimum absolute atomic E-state index is 0.195. The Kier molecular flexibility index (Phi) is 4.81. The van der Waals surface area contributed by atoms with Crippen molar-refractivity contribution in [2.45, 2.75) is 6.92 Å². The van der Waals surface area contributed by atoms with Crippen molar-refractivity contribution in [1.29, 1.82) is 0 Å². The lowest BCUT2D eigenvalue weighted by atomic mass is 10.1. The first-order valence-electron chi connectivity index (χ1n) is 8.39. The summed E-state index contributed by atoms with van der Waals surface area (Å²) in [6.07, 6.45) is 0. The van der Waals surface area contributed by atoms with Crippen molar-refractivity contribution in [3.05, 3.63) is 35.5 Å². The molecule has 2 aromatic rings. The van der Waals surface area contributed by atoms with E-state index in [0.717, 1.165) is 48.3 Å². The Morgan fingerprint density at radius 2 is 1.62 bits per heavy atom. The van der Waals surface area contributed by atoms with Crippen molar-refractivity contribution in [1.82, 2.24) is 15.0 Å². The number of piperazine rings is 1. The number of benzene rings is 1. The molecule has 138 valence electrons. The molecule has 0 aliphatic carbocycles. The summed E-state index contributed by atoms with van der Waals surface area (Å²) in [6.45, 7) is 5.13. The number of rotatable bonds is 3. The maximum Gasteiger partial charge on any atom is 0.267 e. The zero-order valence-electron chi connectivity index (χ0n) is 15.0. The predicted molar refractivity (Wildman–Crippen MR) is 103 cm³/mol. The van der Waals surface area contributed by atoms with Gasteiger partial charge in [0.1, 0.15) is 5.69 Å². The number of aromatic nitrogens is 2. The highest BCUT2D eigenvalue weighted by Gasteiger charge is 2.22. The van der Waals surface area contributed by atoms with Crippen molar-refractivity contribution >= 4 is 29.0 Å². The molecule has 1 amide bonds. The molecule has 3 rings (SSSR count). The van der Waals surface area contributed by atoms with Gasteiger partial charge in [-0.25, -0.2) is 10.8 Å². The number of hydrogen-bond acceptors (Lipinski definition) is 8. The number of carbonyl (C=O) groups excluding carboxylic acids is 1. The molecule has 0 unspecified atom stereocenters. The number of hydrogen-bond donors (Lipinski definition) is 3. The van der Waals surface area contributed by atoms with Crippen molar-refractivity contribution in [2.24, 2.45) is 5.84 Å². The first-order chi connectivity index (χ1) is 12.4. The maximum absolute atomic E-state index is 11.9. The van der Waals surface area contributed by atoms with Crippen LogP contribution in [0.5, 0.6) is 0 Å². The molecule has 0 saturated carbocycles. The molecule has 1 aliphatic heterocycles. The van der Waals surface area contributed by atoms with Crippen LogP contribution >= 0.6 is 0 Å². The Hall–Kier alpha value is -3.07. The molecule has 0 atom stereocenters. The van der Waals surface area contributed by atoms with E-state index in [1.165, 1.54) is 7.05 Å². The lowest BCUT2D eigenvalue weighted by Crippen LogP contribution is -2.47. The Labute approximate surface area is 152 Å². The second-order valence-corrected chi connectivity index (χ2v) is 6.34. The number of nitrogens with two attached hydrogens (primary N) is 3. The normalized spacial score (nSPS) is 14.4. The third-order valence-corrected chi connectivity index (χ3v) is 4.50. The quantitative estimate of drug-likeness (QED) is 0.404. The molecule has 1 aromatic heterocycles. The fourth-order valence-corrected chi connectivity index (χ4v) is 3.21. The summed E-state index contributed by atoms with van der Waals surface area (Å²) in [5, 5.41) is 1.08. The van der Waals surface area contributed by atoms with Crippen LogP contribution in [0.1, 0.15) is 16.1 Å². The third kappa shape index (κ3) is 3.47. The molecular weight excluding hydrogens is 332 g/mol. The zero-order chi connectivity index (χ0) is 18.8.